The normalized spacial score (nSPS) is 11.1. The highest BCUT2D eigenvalue weighted by atomic mass is 15.4. The molecule has 3 rings (SSSR count). The van der Waals surface area contributed by atoms with E-state index in [1.54, 1.807) is 0 Å². The summed E-state index contributed by atoms with van der Waals surface area (Å²) in [7, 11) is 2.02. The summed E-state index contributed by atoms with van der Waals surface area (Å²) in [4.78, 5) is 0. The molecule has 0 N–H and O–H groups in total. The largest absolute Gasteiger partial charge is 0.296 e. The van der Waals surface area contributed by atoms with Gasteiger partial charge in [-0.1, -0.05) is 72.8 Å². The fourth-order valence-corrected chi connectivity index (χ4v) is 2.62. The average molecular weight is 288 g/mol. The molecular formula is C20H20N2. The number of hydrazone groups is 1. The monoisotopic (exact) mass is 288 g/mol. The second kappa shape index (κ2) is 6.90. The maximum atomic E-state index is 4.53. The number of hydrogen-bond donors (Lipinski definition) is 0. The molecule has 0 atom stereocenters. The van der Waals surface area contributed by atoms with E-state index in [0.717, 1.165) is 13.0 Å². The van der Waals surface area contributed by atoms with Crippen LogP contribution < -0.4 is 0 Å². The minimum atomic E-state index is 0.812. The van der Waals surface area contributed by atoms with Gasteiger partial charge in [-0.05, 0) is 21.9 Å². The fourth-order valence-electron chi connectivity index (χ4n) is 2.62. The van der Waals surface area contributed by atoms with Crippen molar-refractivity contribution in [1.82, 2.24) is 5.01 Å². The zero-order valence-electron chi connectivity index (χ0n) is 12.8. The Morgan fingerprint density at radius 1 is 0.864 bits per heavy atom. The van der Waals surface area contributed by atoms with Gasteiger partial charge in [-0.2, -0.15) is 5.10 Å². The van der Waals surface area contributed by atoms with Gasteiger partial charge in [0.25, 0.3) is 0 Å². The molecule has 3 aromatic rings. The molecule has 0 aromatic heterocycles. The highest BCUT2D eigenvalue weighted by Gasteiger charge is 2.02. The van der Waals surface area contributed by atoms with Crippen LogP contribution in [0.3, 0.4) is 0 Å². The van der Waals surface area contributed by atoms with Crippen LogP contribution in [-0.2, 0) is 13.0 Å². The number of nitrogens with zero attached hydrogens (tertiary/aromatic N) is 2. The molecular weight excluding hydrogens is 268 g/mol. The van der Waals surface area contributed by atoms with Crippen LogP contribution in [-0.4, -0.2) is 18.3 Å². The summed E-state index contributed by atoms with van der Waals surface area (Å²) in [6.07, 6.45) is 2.83. The summed E-state index contributed by atoms with van der Waals surface area (Å²) in [5, 5.41) is 9.10. The van der Waals surface area contributed by atoms with E-state index in [9.17, 15) is 0 Å². The third kappa shape index (κ3) is 3.53. The molecule has 0 fully saturated rings. The Hall–Kier alpha value is -2.61. The fraction of sp³-hybridized carbons (Fsp3) is 0.150. The summed E-state index contributed by atoms with van der Waals surface area (Å²) >= 11 is 0. The van der Waals surface area contributed by atoms with E-state index in [1.165, 1.54) is 21.9 Å². The molecule has 0 aliphatic carbocycles. The van der Waals surface area contributed by atoms with Gasteiger partial charge in [-0.3, -0.25) is 5.01 Å². The first kappa shape index (κ1) is 14.3. The van der Waals surface area contributed by atoms with E-state index in [1.807, 2.05) is 24.3 Å². The lowest BCUT2D eigenvalue weighted by Crippen LogP contribution is -2.11. The van der Waals surface area contributed by atoms with Crippen LogP contribution in [0, 0.1) is 0 Å². The zero-order chi connectivity index (χ0) is 15.2. The molecule has 0 bridgehead atoms. The summed E-state index contributed by atoms with van der Waals surface area (Å²) in [5.41, 5.74) is 2.59. The van der Waals surface area contributed by atoms with Crippen molar-refractivity contribution < 1.29 is 0 Å². The minimum absolute atomic E-state index is 0.812. The Bertz CT molecular complexity index is 758. The molecule has 0 amide bonds. The molecule has 0 aliphatic heterocycles. The van der Waals surface area contributed by atoms with Crippen molar-refractivity contribution in [1.29, 1.82) is 0 Å². The van der Waals surface area contributed by atoms with E-state index in [0.29, 0.717) is 0 Å². The molecule has 0 spiro atoms. The van der Waals surface area contributed by atoms with Gasteiger partial charge in [0.05, 0.1) is 6.54 Å². The van der Waals surface area contributed by atoms with Gasteiger partial charge >= 0.3 is 0 Å². The number of hydrogen-bond acceptors (Lipinski definition) is 2. The van der Waals surface area contributed by atoms with Crippen LogP contribution in [0.4, 0.5) is 0 Å². The molecule has 2 nitrogen and oxygen atoms in total. The van der Waals surface area contributed by atoms with Crippen LogP contribution in [0.15, 0.2) is 77.9 Å². The van der Waals surface area contributed by atoms with Crippen molar-refractivity contribution in [2.45, 2.75) is 13.0 Å². The van der Waals surface area contributed by atoms with E-state index in [4.69, 9.17) is 0 Å². The third-order valence-corrected chi connectivity index (χ3v) is 3.73. The van der Waals surface area contributed by atoms with Gasteiger partial charge in [-0.25, -0.2) is 0 Å². The highest BCUT2D eigenvalue weighted by molar-refractivity contribution is 5.85. The van der Waals surface area contributed by atoms with E-state index in [2.05, 4.69) is 71.8 Å². The SMILES string of the molecule is CN(Cc1cccc2ccccc12)/N=C\Cc1ccccc1. The maximum absolute atomic E-state index is 4.53. The van der Waals surface area contributed by atoms with Crippen LogP contribution >= 0.6 is 0 Å². The van der Waals surface area contributed by atoms with Crippen molar-refractivity contribution in [3.05, 3.63) is 83.9 Å². The first-order valence-electron chi connectivity index (χ1n) is 7.57. The van der Waals surface area contributed by atoms with Crippen molar-refractivity contribution in [2.24, 2.45) is 5.10 Å². The predicted octanol–water partition coefficient (Wildman–Crippen LogP) is 4.50. The standard InChI is InChI=1S/C20H20N2/c1-22(21-15-14-17-8-3-2-4-9-17)16-19-12-7-11-18-10-5-6-13-20(18)19/h2-13,15H,14,16H2,1H3/b21-15-. The van der Waals surface area contributed by atoms with E-state index >= 15 is 0 Å². The second-order valence-electron chi connectivity index (χ2n) is 5.44. The minimum Gasteiger partial charge on any atom is -0.296 e. The molecule has 0 saturated heterocycles. The van der Waals surface area contributed by atoms with Crippen molar-refractivity contribution in [3.63, 3.8) is 0 Å². The van der Waals surface area contributed by atoms with Crippen molar-refractivity contribution in [2.75, 3.05) is 7.05 Å². The quantitative estimate of drug-likeness (QED) is 0.498. The Balaban J connectivity index is 1.67. The molecule has 2 heteroatoms. The first-order valence-corrected chi connectivity index (χ1v) is 7.57. The Labute approximate surface area is 131 Å². The molecule has 22 heavy (non-hydrogen) atoms. The van der Waals surface area contributed by atoms with Crippen LogP contribution in [0.25, 0.3) is 10.8 Å². The smallest absolute Gasteiger partial charge is 0.0613 e. The third-order valence-electron chi connectivity index (χ3n) is 3.73. The maximum Gasteiger partial charge on any atom is 0.0613 e. The summed E-state index contributed by atoms with van der Waals surface area (Å²) in [6, 6.07) is 25.3. The highest BCUT2D eigenvalue weighted by Crippen LogP contribution is 2.19. The van der Waals surface area contributed by atoms with Gasteiger partial charge in [-0.15, -0.1) is 0 Å². The van der Waals surface area contributed by atoms with Crippen LogP contribution in [0.1, 0.15) is 11.1 Å². The predicted molar refractivity (Wildman–Crippen MR) is 94.1 cm³/mol. The summed E-state index contributed by atoms with van der Waals surface area (Å²) in [6.45, 7) is 0.812. The average Bonchev–Trinajstić information content (AvgIpc) is 2.56. The second-order valence-corrected chi connectivity index (χ2v) is 5.44. The van der Waals surface area contributed by atoms with Gasteiger partial charge < -0.3 is 0 Å². The molecule has 3 aromatic carbocycles. The van der Waals surface area contributed by atoms with Gasteiger partial charge in [0, 0.05) is 19.7 Å². The lowest BCUT2D eigenvalue weighted by Gasteiger charge is -2.14. The topological polar surface area (TPSA) is 15.6 Å². The van der Waals surface area contributed by atoms with E-state index in [-0.39, 0.29) is 0 Å². The Morgan fingerprint density at radius 2 is 1.59 bits per heavy atom. The molecule has 0 saturated carbocycles. The molecule has 0 radical (unpaired) electrons. The van der Waals surface area contributed by atoms with Gasteiger partial charge in [0.15, 0.2) is 0 Å². The summed E-state index contributed by atoms with van der Waals surface area (Å²) in [5.74, 6) is 0. The van der Waals surface area contributed by atoms with Crippen molar-refractivity contribution in [3.8, 4) is 0 Å². The van der Waals surface area contributed by atoms with Gasteiger partial charge in [0.2, 0.25) is 0 Å². The first-order chi connectivity index (χ1) is 10.8. The Kier molecular flexibility index (Phi) is 4.50. The molecule has 0 unspecified atom stereocenters. The van der Waals surface area contributed by atoms with E-state index < -0.39 is 0 Å². The Morgan fingerprint density at radius 3 is 2.45 bits per heavy atom. The molecule has 0 heterocycles. The van der Waals surface area contributed by atoms with Crippen molar-refractivity contribution >= 4 is 17.0 Å². The number of benzene rings is 3. The zero-order valence-corrected chi connectivity index (χ0v) is 12.8. The van der Waals surface area contributed by atoms with Crippen LogP contribution in [0.5, 0.6) is 0 Å². The summed E-state index contributed by atoms with van der Waals surface area (Å²) < 4.78 is 0. The number of fused-ring (bicyclic) bond motifs is 1. The lowest BCUT2D eigenvalue weighted by molar-refractivity contribution is 0.349. The lowest BCUT2D eigenvalue weighted by atomic mass is 10.0. The molecule has 0 aliphatic rings. The molecule has 110 valence electrons. The van der Waals surface area contributed by atoms with Gasteiger partial charge in [0.1, 0.15) is 0 Å². The number of rotatable bonds is 5. The van der Waals surface area contributed by atoms with Crippen LogP contribution in [0.2, 0.25) is 0 Å².